The molecule has 1 aromatic carbocycles. The molecule has 2 aliphatic heterocycles. The van der Waals surface area contributed by atoms with E-state index in [2.05, 4.69) is 4.90 Å². The molecule has 0 spiro atoms. The molecule has 0 aliphatic carbocycles. The van der Waals surface area contributed by atoms with Crippen LogP contribution in [0.5, 0.6) is 11.5 Å². The third-order valence-corrected chi connectivity index (χ3v) is 3.67. The van der Waals surface area contributed by atoms with Crippen LogP contribution < -0.4 is 9.47 Å². The van der Waals surface area contributed by atoms with Crippen LogP contribution in [0.1, 0.15) is 10.9 Å². The standard InChI is InChI=1S/C13H16ClNO3/c14-11(8-15-3-5-16-6-4-15)10-1-2-12-13(7-10)18-9-17-12/h1-2,7,11H,3-6,8-9H2. The zero-order valence-corrected chi connectivity index (χ0v) is 10.9. The first kappa shape index (κ1) is 12.1. The van der Waals surface area contributed by atoms with Crippen molar-refractivity contribution in [1.29, 1.82) is 0 Å². The monoisotopic (exact) mass is 269 g/mol. The number of nitrogens with zero attached hydrogens (tertiary/aromatic N) is 1. The average molecular weight is 270 g/mol. The molecule has 4 nitrogen and oxygen atoms in total. The highest BCUT2D eigenvalue weighted by molar-refractivity contribution is 6.21. The van der Waals surface area contributed by atoms with Gasteiger partial charge in [0.2, 0.25) is 6.79 Å². The van der Waals surface area contributed by atoms with Crippen LogP contribution in [0.4, 0.5) is 0 Å². The maximum absolute atomic E-state index is 6.46. The average Bonchev–Trinajstić information content (AvgIpc) is 2.87. The third kappa shape index (κ3) is 2.55. The van der Waals surface area contributed by atoms with Gasteiger partial charge in [0.1, 0.15) is 0 Å². The van der Waals surface area contributed by atoms with Crippen LogP contribution in [-0.4, -0.2) is 44.5 Å². The minimum absolute atomic E-state index is 0.0300. The Hall–Kier alpha value is -0.970. The zero-order chi connectivity index (χ0) is 12.4. The van der Waals surface area contributed by atoms with Gasteiger partial charge in [0.05, 0.1) is 18.6 Å². The Morgan fingerprint density at radius 2 is 1.94 bits per heavy atom. The second kappa shape index (κ2) is 5.34. The number of morpholine rings is 1. The maximum atomic E-state index is 6.46. The Balaban J connectivity index is 1.66. The first-order chi connectivity index (χ1) is 8.83. The molecule has 1 unspecified atom stereocenters. The number of rotatable bonds is 3. The Bertz CT molecular complexity index is 421. The van der Waals surface area contributed by atoms with Crippen molar-refractivity contribution in [2.75, 3.05) is 39.6 Å². The highest BCUT2D eigenvalue weighted by Gasteiger charge is 2.19. The van der Waals surface area contributed by atoms with E-state index in [0.29, 0.717) is 6.79 Å². The van der Waals surface area contributed by atoms with Crippen LogP contribution >= 0.6 is 11.6 Å². The molecule has 1 saturated heterocycles. The van der Waals surface area contributed by atoms with Gasteiger partial charge in [-0.25, -0.2) is 0 Å². The molecule has 3 rings (SSSR count). The van der Waals surface area contributed by atoms with E-state index in [0.717, 1.165) is 49.9 Å². The summed E-state index contributed by atoms with van der Waals surface area (Å²) in [5, 5.41) is -0.0300. The first-order valence-corrected chi connectivity index (χ1v) is 6.60. The first-order valence-electron chi connectivity index (χ1n) is 6.16. The summed E-state index contributed by atoms with van der Waals surface area (Å²) in [6, 6.07) is 5.90. The molecule has 0 bridgehead atoms. The van der Waals surface area contributed by atoms with Gasteiger partial charge < -0.3 is 14.2 Å². The van der Waals surface area contributed by atoms with Gasteiger partial charge in [-0.3, -0.25) is 4.90 Å². The SMILES string of the molecule is ClC(CN1CCOCC1)c1ccc2c(c1)OCO2. The number of ether oxygens (including phenoxy) is 3. The van der Waals surface area contributed by atoms with Crippen molar-refractivity contribution < 1.29 is 14.2 Å². The molecule has 1 aromatic rings. The molecule has 0 radical (unpaired) electrons. The normalized spacial score (nSPS) is 20.9. The molecule has 98 valence electrons. The number of benzene rings is 1. The number of halogens is 1. The van der Waals surface area contributed by atoms with E-state index >= 15 is 0 Å². The van der Waals surface area contributed by atoms with Crippen LogP contribution in [-0.2, 0) is 4.74 Å². The van der Waals surface area contributed by atoms with Crippen molar-refractivity contribution in [3.8, 4) is 11.5 Å². The molecule has 1 atom stereocenters. The van der Waals surface area contributed by atoms with Crippen molar-refractivity contribution >= 4 is 11.6 Å². The topological polar surface area (TPSA) is 30.9 Å². The minimum Gasteiger partial charge on any atom is -0.454 e. The lowest BCUT2D eigenvalue weighted by Crippen LogP contribution is -2.38. The van der Waals surface area contributed by atoms with E-state index in [4.69, 9.17) is 25.8 Å². The van der Waals surface area contributed by atoms with Crippen molar-refractivity contribution in [2.45, 2.75) is 5.38 Å². The third-order valence-electron chi connectivity index (χ3n) is 3.28. The Morgan fingerprint density at radius 3 is 2.78 bits per heavy atom. The predicted molar refractivity (Wildman–Crippen MR) is 68.4 cm³/mol. The summed E-state index contributed by atoms with van der Waals surface area (Å²) in [4.78, 5) is 2.33. The lowest BCUT2D eigenvalue weighted by molar-refractivity contribution is 0.0378. The van der Waals surface area contributed by atoms with E-state index in [1.807, 2.05) is 18.2 Å². The molecule has 2 aliphatic rings. The van der Waals surface area contributed by atoms with Gasteiger partial charge in [0.15, 0.2) is 11.5 Å². The molecule has 0 amide bonds. The summed E-state index contributed by atoms with van der Waals surface area (Å²) in [5.41, 5.74) is 1.08. The largest absolute Gasteiger partial charge is 0.454 e. The van der Waals surface area contributed by atoms with Crippen LogP contribution in [0.15, 0.2) is 18.2 Å². The fraction of sp³-hybridized carbons (Fsp3) is 0.538. The van der Waals surface area contributed by atoms with Crippen molar-refractivity contribution in [3.05, 3.63) is 23.8 Å². The smallest absolute Gasteiger partial charge is 0.231 e. The van der Waals surface area contributed by atoms with Crippen LogP contribution in [0.2, 0.25) is 0 Å². The van der Waals surface area contributed by atoms with Gasteiger partial charge >= 0.3 is 0 Å². The van der Waals surface area contributed by atoms with Gasteiger partial charge in [0.25, 0.3) is 0 Å². The fourth-order valence-electron chi connectivity index (χ4n) is 2.22. The van der Waals surface area contributed by atoms with Gasteiger partial charge in [-0.05, 0) is 17.7 Å². The molecule has 18 heavy (non-hydrogen) atoms. The molecule has 0 saturated carbocycles. The van der Waals surface area contributed by atoms with Crippen LogP contribution in [0.3, 0.4) is 0 Å². The molecule has 0 N–H and O–H groups in total. The van der Waals surface area contributed by atoms with Gasteiger partial charge in [-0.1, -0.05) is 6.07 Å². The van der Waals surface area contributed by atoms with Gasteiger partial charge in [-0.15, -0.1) is 11.6 Å². The van der Waals surface area contributed by atoms with Crippen LogP contribution in [0.25, 0.3) is 0 Å². The maximum Gasteiger partial charge on any atom is 0.231 e. The number of alkyl halides is 1. The molecular formula is C13H16ClNO3. The Morgan fingerprint density at radius 1 is 1.17 bits per heavy atom. The van der Waals surface area contributed by atoms with E-state index in [1.165, 1.54) is 0 Å². The summed E-state index contributed by atoms with van der Waals surface area (Å²) < 4.78 is 16.0. The van der Waals surface area contributed by atoms with Crippen molar-refractivity contribution in [1.82, 2.24) is 4.90 Å². The van der Waals surface area contributed by atoms with Crippen LogP contribution in [0, 0.1) is 0 Å². The minimum atomic E-state index is -0.0300. The Labute approximate surface area is 111 Å². The fourth-order valence-corrected chi connectivity index (χ4v) is 2.55. The lowest BCUT2D eigenvalue weighted by atomic mass is 10.1. The summed E-state index contributed by atoms with van der Waals surface area (Å²) in [6.07, 6.45) is 0. The highest BCUT2D eigenvalue weighted by Crippen LogP contribution is 2.35. The second-order valence-corrected chi connectivity index (χ2v) is 5.02. The lowest BCUT2D eigenvalue weighted by Gasteiger charge is -2.28. The van der Waals surface area contributed by atoms with Crippen molar-refractivity contribution in [3.63, 3.8) is 0 Å². The second-order valence-electron chi connectivity index (χ2n) is 4.49. The molecule has 1 fully saturated rings. The molecule has 2 heterocycles. The predicted octanol–water partition coefficient (Wildman–Crippen LogP) is 2.03. The van der Waals surface area contributed by atoms with Gasteiger partial charge in [0, 0.05) is 19.6 Å². The van der Waals surface area contributed by atoms with E-state index in [1.54, 1.807) is 0 Å². The van der Waals surface area contributed by atoms with E-state index in [9.17, 15) is 0 Å². The number of hydrogen-bond acceptors (Lipinski definition) is 4. The van der Waals surface area contributed by atoms with Crippen molar-refractivity contribution in [2.24, 2.45) is 0 Å². The van der Waals surface area contributed by atoms with E-state index < -0.39 is 0 Å². The quantitative estimate of drug-likeness (QED) is 0.786. The summed E-state index contributed by atoms with van der Waals surface area (Å²) >= 11 is 6.46. The molecule has 0 aromatic heterocycles. The molecule has 5 heteroatoms. The highest BCUT2D eigenvalue weighted by atomic mass is 35.5. The Kier molecular flexibility index (Phi) is 3.59. The number of fused-ring (bicyclic) bond motifs is 1. The number of hydrogen-bond donors (Lipinski definition) is 0. The summed E-state index contributed by atoms with van der Waals surface area (Å²) in [7, 11) is 0. The summed E-state index contributed by atoms with van der Waals surface area (Å²) in [6.45, 7) is 4.64. The van der Waals surface area contributed by atoms with Gasteiger partial charge in [-0.2, -0.15) is 0 Å². The zero-order valence-electron chi connectivity index (χ0n) is 10.1. The molecular weight excluding hydrogens is 254 g/mol. The summed E-state index contributed by atoms with van der Waals surface area (Å²) in [5.74, 6) is 1.59. The van der Waals surface area contributed by atoms with E-state index in [-0.39, 0.29) is 5.38 Å².